The van der Waals surface area contributed by atoms with Crippen molar-refractivity contribution in [3.63, 3.8) is 0 Å². The zero-order chi connectivity index (χ0) is 13.5. The number of ether oxygens (including phenoxy) is 2. The number of carbonyl (C=O) groups excluding carboxylic acids is 1. The first kappa shape index (κ1) is 17.6. The van der Waals surface area contributed by atoms with Crippen LogP contribution in [0.1, 0.15) is 65.2 Å². The Balaban J connectivity index is 3.12. The van der Waals surface area contributed by atoms with Crippen LogP contribution in [0.2, 0.25) is 0 Å². The van der Waals surface area contributed by atoms with Crippen LogP contribution in [0, 0.1) is 0 Å². The van der Waals surface area contributed by atoms with E-state index in [9.17, 15) is 4.79 Å². The Kier molecular flexibility index (Phi) is 14.3. The maximum Gasteiger partial charge on any atom is 0.132 e. The Bertz CT molecular complexity index is 163. The fourth-order valence-corrected chi connectivity index (χ4v) is 1.82. The molecule has 0 fully saturated rings. The van der Waals surface area contributed by atoms with Gasteiger partial charge in [0.15, 0.2) is 0 Å². The monoisotopic (exact) mass is 258 g/mol. The molecule has 0 aliphatic rings. The number of ketones is 1. The average molecular weight is 258 g/mol. The smallest absolute Gasteiger partial charge is 0.132 e. The minimum absolute atomic E-state index is 0.419. The Labute approximate surface area is 112 Å². The Morgan fingerprint density at radius 1 is 0.722 bits per heavy atom. The summed E-state index contributed by atoms with van der Waals surface area (Å²) in [6, 6.07) is 0. The molecule has 0 radical (unpaired) electrons. The fourth-order valence-electron chi connectivity index (χ4n) is 1.82. The van der Waals surface area contributed by atoms with E-state index in [1.54, 1.807) is 0 Å². The maximum absolute atomic E-state index is 11.6. The van der Waals surface area contributed by atoms with Crippen LogP contribution in [-0.2, 0) is 14.3 Å². The Morgan fingerprint density at radius 2 is 1.17 bits per heavy atom. The van der Waals surface area contributed by atoms with Gasteiger partial charge < -0.3 is 9.47 Å². The molecule has 0 aromatic rings. The average Bonchev–Trinajstić information content (AvgIpc) is 2.38. The number of hydrogen-bond acceptors (Lipinski definition) is 3. The molecule has 0 atom stereocenters. The molecule has 0 spiro atoms. The normalized spacial score (nSPS) is 10.8. The lowest BCUT2D eigenvalue weighted by atomic mass is 10.1. The second-order valence-corrected chi connectivity index (χ2v) is 4.55. The maximum atomic E-state index is 11.6. The van der Waals surface area contributed by atoms with Crippen molar-refractivity contribution in [2.75, 3.05) is 26.4 Å². The highest BCUT2D eigenvalue weighted by molar-refractivity contribution is 5.78. The summed E-state index contributed by atoms with van der Waals surface area (Å²) in [5.74, 6) is 0.419. The molecule has 0 amide bonds. The van der Waals surface area contributed by atoms with Gasteiger partial charge >= 0.3 is 0 Å². The predicted octanol–water partition coefficient (Wildman–Crippen LogP) is 3.75. The SMILES string of the molecule is CCOCCCCCC(=O)CCCCCOCC. The first-order valence-electron chi connectivity index (χ1n) is 7.48. The van der Waals surface area contributed by atoms with E-state index < -0.39 is 0 Å². The third kappa shape index (κ3) is 13.7. The van der Waals surface area contributed by atoms with Gasteiger partial charge in [-0.2, -0.15) is 0 Å². The third-order valence-electron chi connectivity index (χ3n) is 2.90. The highest BCUT2D eigenvalue weighted by Gasteiger charge is 2.01. The van der Waals surface area contributed by atoms with Gasteiger partial charge in [-0.25, -0.2) is 0 Å². The fraction of sp³-hybridized carbons (Fsp3) is 0.933. The zero-order valence-electron chi connectivity index (χ0n) is 12.2. The van der Waals surface area contributed by atoms with E-state index in [1.165, 1.54) is 0 Å². The largest absolute Gasteiger partial charge is 0.382 e. The first-order chi connectivity index (χ1) is 8.81. The van der Waals surface area contributed by atoms with Gasteiger partial charge in [-0.3, -0.25) is 4.79 Å². The highest BCUT2D eigenvalue weighted by Crippen LogP contribution is 2.07. The van der Waals surface area contributed by atoms with E-state index >= 15 is 0 Å². The molecule has 0 unspecified atom stereocenters. The number of Topliss-reactive ketones (excluding diaryl/α,β-unsaturated/α-hetero) is 1. The van der Waals surface area contributed by atoms with Gasteiger partial charge in [0.1, 0.15) is 5.78 Å². The summed E-state index contributed by atoms with van der Waals surface area (Å²) in [5, 5.41) is 0. The molecule has 0 saturated carbocycles. The molecule has 108 valence electrons. The van der Waals surface area contributed by atoms with Crippen molar-refractivity contribution in [3.05, 3.63) is 0 Å². The quantitative estimate of drug-likeness (QED) is 0.445. The van der Waals surface area contributed by atoms with Gasteiger partial charge in [0.25, 0.3) is 0 Å². The lowest BCUT2D eigenvalue weighted by Crippen LogP contribution is -2.00. The molecule has 0 rings (SSSR count). The van der Waals surface area contributed by atoms with Gasteiger partial charge in [-0.05, 0) is 39.5 Å². The molecule has 18 heavy (non-hydrogen) atoms. The Hall–Kier alpha value is -0.410. The lowest BCUT2D eigenvalue weighted by molar-refractivity contribution is -0.119. The van der Waals surface area contributed by atoms with Crippen LogP contribution >= 0.6 is 0 Å². The van der Waals surface area contributed by atoms with E-state index in [-0.39, 0.29) is 0 Å². The lowest BCUT2D eigenvalue weighted by Gasteiger charge is -2.03. The van der Waals surface area contributed by atoms with Crippen molar-refractivity contribution in [2.45, 2.75) is 65.2 Å². The highest BCUT2D eigenvalue weighted by atomic mass is 16.5. The predicted molar refractivity (Wildman–Crippen MR) is 74.9 cm³/mol. The van der Waals surface area contributed by atoms with Gasteiger partial charge in [-0.15, -0.1) is 0 Å². The summed E-state index contributed by atoms with van der Waals surface area (Å²) < 4.78 is 10.5. The van der Waals surface area contributed by atoms with Crippen LogP contribution in [0.25, 0.3) is 0 Å². The number of hydrogen-bond donors (Lipinski definition) is 0. The standard InChI is InChI=1S/C15H30O3/c1-3-17-13-9-5-7-11-15(16)12-8-6-10-14-18-4-2/h3-14H2,1-2H3. The molecule has 0 aliphatic heterocycles. The summed E-state index contributed by atoms with van der Waals surface area (Å²) in [7, 11) is 0. The second kappa shape index (κ2) is 14.7. The molecule has 0 aliphatic carbocycles. The molecule has 0 aromatic heterocycles. The van der Waals surface area contributed by atoms with Crippen LogP contribution in [0.15, 0.2) is 0 Å². The minimum atomic E-state index is 0.419. The summed E-state index contributed by atoms with van der Waals surface area (Å²) in [6.07, 6.45) is 7.90. The van der Waals surface area contributed by atoms with E-state index in [0.717, 1.165) is 77.8 Å². The van der Waals surface area contributed by atoms with Gasteiger partial charge in [0, 0.05) is 39.3 Å². The van der Waals surface area contributed by atoms with E-state index in [1.807, 2.05) is 13.8 Å². The second-order valence-electron chi connectivity index (χ2n) is 4.55. The molecule has 0 heterocycles. The van der Waals surface area contributed by atoms with Crippen molar-refractivity contribution >= 4 is 5.78 Å². The van der Waals surface area contributed by atoms with Crippen molar-refractivity contribution in [2.24, 2.45) is 0 Å². The van der Waals surface area contributed by atoms with Crippen LogP contribution in [0.4, 0.5) is 0 Å². The van der Waals surface area contributed by atoms with Crippen molar-refractivity contribution in [1.29, 1.82) is 0 Å². The summed E-state index contributed by atoms with van der Waals surface area (Å²) >= 11 is 0. The van der Waals surface area contributed by atoms with Gasteiger partial charge in [0.05, 0.1) is 0 Å². The Morgan fingerprint density at radius 3 is 1.56 bits per heavy atom. The third-order valence-corrected chi connectivity index (χ3v) is 2.90. The summed E-state index contributed by atoms with van der Waals surface area (Å²) in [4.78, 5) is 11.6. The summed E-state index contributed by atoms with van der Waals surface area (Å²) in [6.45, 7) is 7.27. The van der Waals surface area contributed by atoms with Crippen molar-refractivity contribution in [3.8, 4) is 0 Å². The number of carbonyl (C=O) groups is 1. The van der Waals surface area contributed by atoms with Gasteiger partial charge in [0.2, 0.25) is 0 Å². The molecule has 3 nitrogen and oxygen atoms in total. The molecule has 0 saturated heterocycles. The molecular formula is C15H30O3. The minimum Gasteiger partial charge on any atom is -0.382 e. The number of rotatable bonds is 14. The molecule has 0 bridgehead atoms. The molecular weight excluding hydrogens is 228 g/mol. The van der Waals surface area contributed by atoms with E-state index in [0.29, 0.717) is 5.78 Å². The molecule has 0 N–H and O–H groups in total. The van der Waals surface area contributed by atoms with Crippen LogP contribution < -0.4 is 0 Å². The number of unbranched alkanes of at least 4 members (excludes halogenated alkanes) is 4. The van der Waals surface area contributed by atoms with E-state index in [2.05, 4.69) is 0 Å². The topological polar surface area (TPSA) is 35.5 Å². The van der Waals surface area contributed by atoms with Crippen molar-refractivity contribution in [1.82, 2.24) is 0 Å². The first-order valence-corrected chi connectivity index (χ1v) is 7.48. The van der Waals surface area contributed by atoms with E-state index in [4.69, 9.17) is 9.47 Å². The molecule has 3 heteroatoms. The van der Waals surface area contributed by atoms with Crippen molar-refractivity contribution < 1.29 is 14.3 Å². The van der Waals surface area contributed by atoms with Crippen LogP contribution in [-0.4, -0.2) is 32.2 Å². The zero-order valence-corrected chi connectivity index (χ0v) is 12.2. The van der Waals surface area contributed by atoms with Crippen LogP contribution in [0.5, 0.6) is 0 Å². The van der Waals surface area contributed by atoms with Crippen LogP contribution in [0.3, 0.4) is 0 Å². The summed E-state index contributed by atoms with van der Waals surface area (Å²) in [5.41, 5.74) is 0. The molecule has 0 aromatic carbocycles. The van der Waals surface area contributed by atoms with Gasteiger partial charge in [-0.1, -0.05) is 12.8 Å².